The minimum atomic E-state index is 0.438. The van der Waals surface area contributed by atoms with E-state index in [9.17, 15) is 0 Å². The average molecular weight is 482 g/mol. The second kappa shape index (κ2) is 9.44. The summed E-state index contributed by atoms with van der Waals surface area (Å²) >= 11 is 24.9. The van der Waals surface area contributed by atoms with Crippen LogP contribution in [-0.4, -0.2) is 11.4 Å². The molecule has 3 rings (SSSR count). The van der Waals surface area contributed by atoms with E-state index in [0.29, 0.717) is 31.5 Å². The lowest BCUT2D eigenvalue weighted by molar-refractivity contribution is 1.34. The molecule has 0 spiro atoms. The molecule has 8 heteroatoms. The Labute approximate surface area is 196 Å². The fraction of sp³-hybridized carbons (Fsp3) is 0.182. The van der Waals surface area contributed by atoms with Crippen LogP contribution < -0.4 is 10.6 Å². The zero-order valence-corrected chi connectivity index (χ0v) is 19.9. The fourth-order valence-electron chi connectivity index (χ4n) is 3.03. The summed E-state index contributed by atoms with van der Waals surface area (Å²) in [5, 5.41) is 8.44. The number of anilines is 2. The Hall–Kier alpha value is -1.98. The van der Waals surface area contributed by atoms with E-state index >= 15 is 0 Å². The van der Waals surface area contributed by atoms with Gasteiger partial charge in [-0.25, -0.2) is 0 Å². The number of halogens is 4. The molecule has 0 aliphatic carbocycles. The maximum atomic E-state index is 6.23. The third-order valence-electron chi connectivity index (χ3n) is 4.19. The second-order valence-electron chi connectivity index (χ2n) is 6.98. The predicted molar refractivity (Wildman–Crippen MR) is 133 cm³/mol. The molecule has 2 aromatic carbocycles. The van der Waals surface area contributed by atoms with Gasteiger partial charge in [0.15, 0.2) is 0 Å². The van der Waals surface area contributed by atoms with Gasteiger partial charge in [0.2, 0.25) is 0 Å². The molecular weight excluding hydrogens is 462 g/mol. The van der Waals surface area contributed by atoms with E-state index in [2.05, 4.69) is 10.6 Å². The Kier molecular flexibility index (Phi) is 7.14. The van der Waals surface area contributed by atoms with E-state index in [1.165, 1.54) is 0 Å². The van der Waals surface area contributed by atoms with Gasteiger partial charge in [-0.2, -0.15) is 0 Å². The number of hydrogen-bond donors (Lipinski definition) is 2. The molecule has 156 valence electrons. The molecule has 0 unspecified atom stereocenters. The van der Waals surface area contributed by atoms with E-state index < -0.39 is 0 Å². The van der Waals surface area contributed by atoms with Gasteiger partial charge in [-0.3, -0.25) is 9.98 Å². The molecule has 1 aliphatic rings. The largest absolute Gasteiger partial charge is 0.357 e. The number of nitrogens with zero attached hydrogens (tertiary/aromatic N) is 2. The fourth-order valence-corrected chi connectivity index (χ4v) is 3.67. The maximum absolute atomic E-state index is 6.23. The van der Waals surface area contributed by atoms with Crippen LogP contribution in [-0.2, 0) is 0 Å². The van der Waals surface area contributed by atoms with E-state index in [-0.39, 0.29) is 0 Å². The van der Waals surface area contributed by atoms with Crippen molar-refractivity contribution < 1.29 is 0 Å². The summed E-state index contributed by atoms with van der Waals surface area (Å²) in [7, 11) is 0. The number of rotatable bonds is 0. The Morgan fingerprint density at radius 1 is 0.567 bits per heavy atom. The van der Waals surface area contributed by atoms with Crippen molar-refractivity contribution >= 4 is 80.6 Å². The first-order valence-corrected chi connectivity index (χ1v) is 10.6. The summed E-state index contributed by atoms with van der Waals surface area (Å²) in [6.45, 7) is 7.69. The van der Waals surface area contributed by atoms with Crippen LogP contribution in [0.1, 0.15) is 27.7 Å². The van der Waals surface area contributed by atoms with Gasteiger partial charge in [0.1, 0.15) is 0 Å². The van der Waals surface area contributed by atoms with Gasteiger partial charge in [-0.1, -0.05) is 46.4 Å². The van der Waals surface area contributed by atoms with Crippen molar-refractivity contribution in [2.24, 2.45) is 9.98 Å². The predicted octanol–water partition coefficient (Wildman–Crippen LogP) is 8.83. The number of allylic oxidation sites excluding steroid dienone is 4. The van der Waals surface area contributed by atoms with Crippen LogP contribution in [0.5, 0.6) is 0 Å². The first kappa shape index (κ1) is 22.7. The van der Waals surface area contributed by atoms with Gasteiger partial charge < -0.3 is 10.6 Å². The zero-order chi connectivity index (χ0) is 22.0. The lowest BCUT2D eigenvalue weighted by atomic mass is 10.2. The molecule has 1 heterocycles. The van der Waals surface area contributed by atoms with E-state index in [0.717, 1.165) is 34.2 Å². The molecule has 2 aromatic rings. The zero-order valence-electron chi connectivity index (χ0n) is 16.9. The van der Waals surface area contributed by atoms with E-state index in [1.54, 1.807) is 24.3 Å². The quantitative estimate of drug-likeness (QED) is 0.394. The molecule has 30 heavy (non-hydrogen) atoms. The highest BCUT2D eigenvalue weighted by Gasteiger charge is 2.11. The molecule has 0 radical (unpaired) electrons. The van der Waals surface area contributed by atoms with Crippen molar-refractivity contribution in [2.75, 3.05) is 10.6 Å². The van der Waals surface area contributed by atoms with Crippen LogP contribution in [0.15, 0.2) is 57.8 Å². The smallest absolute Gasteiger partial charge is 0.0883 e. The summed E-state index contributed by atoms with van der Waals surface area (Å²) in [5.41, 5.74) is 6.14. The van der Waals surface area contributed by atoms with Crippen molar-refractivity contribution in [2.45, 2.75) is 27.7 Å². The summed E-state index contributed by atoms with van der Waals surface area (Å²) in [5.74, 6) is 0. The standard InChI is InChI=1S/C22H20Cl4N4/c1-11-5-12(2)28-21-9-17(25)18(26)10-22(21)30-14(4)6-13(3)29-20-8-16(24)15(23)7-19(20)27-11/h5-10,27,30H,1-4H3/b11-5-,14-6-,28-12?,29-13?. The molecule has 0 saturated carbocycles. The van der Waals surface area contributed by atoms with Crippen LogP contribution >= 0.6 is 46.4 Å². The van der Waals surface area contributed by atoms with Crippen LogP contribution in [0.4, 0.5) is 22.7 Å². The minimum absolute atomic E-state index is 0.438. The van der Waals surface area contributed by atoms with Crippen LogP contribution in [0, 0.1) is 0 Å². The summed E-state index contributed by atoms with van der Waals surface area (Å²) in [4.78, 5) is 9.42. The second-order valence-corrected chi connectivity index (χ2v) is 8.61. The summed E-state index contributed by atoms with van der Waals surface area (Å²) in [6, 6.07) is 7.00. The molecule has 2 N–H and O–H groups in total. The van der Waals surface area contributed by atoms with Crippen LogP contribution in [0.25, 0.3) is 0 Å². The van der Waals surface area contributed by atoms with Crippen molar-refractivity contribution in [3.05, 3.63) is 67.9 Å². The van der Waals surface area contributed by atoms with Crippen molar-refractivity contribution in [3.63, 3.8) is 0 Å². The lowest BCUT2D eigenvalue weighted by Crippen LogP contribution is -2.02. The van der Waals surface area contributed by atoms with E-state index in [4.69, 9.17) is 56.4 Å². The topological polar surface area (TPSA) is 48.8 Å². The van der Waals surface area contributed by atoms with Gasteiger partial charge in [-0.15, -0.1) is 0 Å². The first-order chi connectivity index (χ1) is 14.1. The molecule has 0 saturated heterocycles. The molecule has 4 nitrogen and oxygen atoms in total. The van der Waals surface area contributed by atoms with Gasteiger partial charge in [0.25, 0.3) is 0 Å². The van der Waals surface area contributed by atoms with Gasteiger partial charge in [0.05, 0.1) is 42.8 Å². The monoisotopic (exact) mass is 480 g/mol. The average Bonchev–Trinajstić information content (AvgIpc) is 2.62. The minimum Gasteiger partial charge on any atom is -0.357 e. The highest BCUT2D eigenvalue weighted by molar-refractivity contribution is 6.43. The Morgan fingerprint density at radius 2 is 0.900 bits per heavy atom. The third kappa shape index (κ3) is 5.58. The molecule has 1 aliphatic heterocycles. The van der Waals surface area contributed by atoms with Gasteiger partial charge >= 0.3 is 0 Å². The molecule has 0 atom stereocenters. The molecule has 0 amide bonds. The molecule has 0 aromatic heterocycles. The molecule has 0 bridgehead atoms. The SMILES string of the molecule is CC1=Nc2cc(Cl)c(Cl)cc2N/C(C)=C\C(C)=Nc2cc(Cl)c(Cl)cc2N/C(C)=C\1. The molecular formula is C22H20Cl4N4. The van der Waals surface area contributed by atoms with Gasteiger partial charge in [0, 0.05) is 22.8 Å². The number of hydrogen-bond acceptors (Lipinski definition) is 4. The van der Waals surface area contributed by atoms with Crippen LogP contribution in [0.3, 0.4) is 0 Å². The Bertz CT molecular complexity index is 1040. The van der Waals surface area contributed by atoms with Crippen molar-refractivity contribution in [1.82, 2.24) is 0 Å². The number of nitrogens with one attached hydrogen (secondary N) is 2. The Balaban J connectivity index is 2.20. The third-order valence-corrected chi connectivity index (χ3v) is 5.63. The molecule has 0 fully saturated rings. The van der Waals surface area contributed by atoms with E-state index in [1.807, 2.05) is 39.8 Å². The first-order valence-electron chi connectivity index (χ1n) is 9.11. The lowest BCUT2D eigenvalue weighted by Gasteiger charge is -2.14. The Morgan fingerprint density at radius 3 is 1.27 bits per heavy atom. The van der Waals surface area contributed by atoms with Gasteiger partial charge in [-0.05, 0) is 64.1 Å². The summed E-state index contributed by atoms with van der Waals surface area (Å²) in [6.07, 6.45) is 3.84. The highest BCUT2D eigenvalue weighted by Crippen LogP contribution is 2.37. The van der Waals surface area contributed by atoms with Crippen molar-refractivity contribution in [1.29, 1.82) is 0 Å². The summed E-state index contributed by atoms with van der Waals surface area (Å²) < 4.78 is 0. The maximum Gasteiger partial charge on any atom is 0.0883 e. The van der Waals surface area contributed by atoms with Crippen LogP contribution in [0.2, 0.25) is 20.1 Å². The highest BCUT2D eigenvalue weighted by atomic mass is 35.5. The van der Waals surface area contributed by atoms with Crippen molar-refractivity contribution in [3.8, 4) is 0 Å². The number of fused-ring (bicyclic) bond motifs is 2. The number of aliphatic imine (C=N–C) groups is 2. The number of benzene rings is 2. The normalized spacial score (nSPS) is 18.1.